The summed E-state index contributed by atoms with van der Waals surface area (Å²) in [6.07, 6.45) is 16.2. The third-order valence-electron chi connectivity index (χ3n) is 5.45. The molecule has 0 bridgehead atoms. The lowest BCUT2D eigenvalue weighted by atomic mass is 9.88. The molecule has 3 rings (SSSR count). The van der Waals surface area contributed by atoms with Crippen molar-refractivity contribution in [2.75, 3.05) is 11.9 Å². The Bertz CT molecular complexity index is 758. The Morgan fingerprint density at radius 3 is 2.68 bits per heavy atom. The van der Waals surface area contributed by atoms with Crippen molar-refractivity contribution in [2.24, 2.45) is 0 Å². The van der Waals surface area contributed by atoms with Crippen LogP contribution >= 0.6 is 0 Å². The third-order valence-corrected chi connectivity index (χ3v) is 5.45. The first-order valence-corrected chi connectivity index (χ1v) is 9.66. The lowest BCUT2D eigenvalue weighted by Crippen LogP contribution is -2.21. The average molecular weight is 334 g/mol. The summed E-state index contributed by atoms with van der Waals surface area (Å²) in [5, 5.41) is 0. The van der Waals surface area contributed by atoms with E-state index in [9.17, 15) is 0 Å². The van der Waals surface area contributed by atoms with Gasteiger partial charge in [-0.25, -0.2) is 0 Å². The molecule has 1 aromatic rings. The molecule has 2 aliphatic carbocycles. The van der Waals surface area contributed by atoms with Crippen LogP contribution in [0.25, 0.3) is 0 Å². The zero-order valence-electron chi connectivity index (χ0n) is 16.2. The first kappa shape index (κ1) is 17.8. The molecule has 132 valence electrons. The molecular weight excluding hydrogens is 302 g/mol. The topological polar surface area (TPSA) is 3.24 Å². The molecule has 0 saturated heterocycles. The SMILES string of the molecule is CCc1cc(C)cc(N(C)C2=CCCC3=C2CC/C(C)=C\C=C/C3)c1. The number of anilines is 1. The maximum Gasteiger partial charge on any atom is 0.0413 e. The minimum Gasteiger partial charge on any atom is -0.345 e. The number of hydrogen-bond donors (Lipinski definition) is 0. The molecule has 0 fully saturated rings. The van der Waals surface area contributed by atoms with Crippen LogP contribution < -0.4 is 4.90 Å². The van der Waals surface area contributed by atoms with E-state index in [-0.39, 0.29) is 0 Å². The van der Waals surface area contributed by atoms with E-state index >= 15 is 0 Å². The summed E-state index contributed by atoms with van der Waals surface area (Å²) in [5.41, 5.74) is 10.2. The quantitative estimate of drug-likeness (QED) is 0.598. The average Bonchev–Trinajstić information content (AvgIpc) is 2.71. The monoisotopic (exact) mass is 333 g/mol. The third kappa shape index (κ3) is 4.15. The van der Waals surface area contributed by atoms with E-state index in [1.54, 1.807) is 11.1 Å². The largest absolute Gasteiger partial charge is 0.345 e. The molecule has 0 aromatic heterocycles. The molecule has 0 amide bonds. The van der Waals surface area contributed by atoms with Crippen molar-refractivity contribution < 1.29 is 0 Å². The van der Waals surface area contributed by atoms with E-state index < -0.39 is 0 Å². The van der Waals surface area contributed by atoms with E-state index in [1.807, 2.05) is 0 Å². The smallest absolute Gasteiger partial charge is 0.0413 e. The second-order valence-corrected chi connectivity index (χ2v) is 7.44. The fraction of sp³-hybridized carbons (Fsp3) is 0.417. The van der Waals surface area contributed by atoms with Crippen LogP contribution in [0.3, 0.4) is 0 Å². The summed E-state index contributed by atoms with van der Waals surface area (Å²) in [7, 11) is 2.24. The number of allylic oxidation sites excluding steroid dienone is 7. The fourth-order valence-corrected chi connectivity index (χ4v) is 3.93. The molecule has 0 atom stereocenters. The molecule has 0 radical (unpaired) electrons. The summed E-state index contributed by atoms with van der Waals surface area (Å²) in [6, 6.07) is 6.97. The second-order valence-electron chi connectivity index (χ2n) is 7.44. The van der Waals surface area contributed by atoms with Crippen molar-refractivity contribution in [3.8, 4) is 0 Å². The summed E-state index contributed by atoms with van der Waals surface area (Å²) in [6.45, 7) is 6.69. The lowest BCUT2D eigenvalue weighted by Gasteiger charge is -2.30. The van der Waals surface area contributed by atoms with Gasteiger partial charge in [0.05, 0.1) is 0 Å². The van der Waals surface area contributed by atoms with Crippen LogP contribution in [-0.2, 0) is 6.42 Å². The van der Waals surface area contributed by atoms with E-state index in [1.165, 1.54) is 34.5 Å². The van der Waals surface area contributed by atoms with Gasteiger partial charge in [-0.15, -0.1) is 0 Å². The zero-order chi connectivity index (χ0) is 17.8. The summed E-state index contributed by atoms with van der Waals surface area (Å²) < 4.78 is 0. The van der Waals surface area contributed by atoms with Crippen LogP contribution in [0.15, 0.2) is 64.9 Å². The molecule has 1 aromatic carbocycles. The predicted octanol–water partition coefficient (Wildman–Crippen LogP) is 6.65. The molecule has 1 heteroatoms. The van der Waals surface area contributed by atoms with Gasteiger partial charge in [0.2, 0.25) is 0 Å². The van der Waals surface area contributed by atoms with Crippen LogP contribution in [0.5, 0.6) is 0 Å². The number of likely N-dealkylation sites (N-methyl/N-ethyl adjacent to an activating group) is 1. The van der Waals surface area contributed by atoms with Gasteiger partial charge in [0.15, 0.2) is 0 Å². The molecule has 0 N–H and O–H groups in total. The minimum absolute atomic E-state index is 1.09. The van der Waals surface area contributed by atoms with Gasteiger partial charge in [-0.05, 0) is 81.2 Å². The van der Waals surface area contributed by atoms with E-state index in [4.69, 9.17) is 0 Å². The molecule has 0 unspecified atom stereocenters. The molecule has 0 heterocycles. The minimum atomic E-state index is 1.09. The Morgan fingerprint density at radius 1 is 1.04 bits per heavy atom. The summed E-state index contributed by atoms with van der Waals surface area (Å²) in [5.74, 6) is 0. The highest BCUT2D eigenvalue weighted by molar-refractivity contribution is 5.60. The van der Waals surface area contributed by atoms with Gasteiger partial charge in [-0.1, -0.05) is 48.4 Å². The highest BCUT2D eigenvalue weighted by atomic mass is 15.1. The Balaban J connectivity index is 1.95. The van der Waals surface area contributed by atoms with Crippen molar-refractivity contribution in [1.29, 1.82) is 0 Å². The first-order valence-electron chi connectivity index (χ1n) is 9.66. The zero-order valence-corrected chi connectivity index (χ0v) is 16.2. The number of rotatable bonds is 3. The standard InChI is InChI=1S/C24H31N/c1-5-20-15-19(3)16-22(17-20)25(4)24-12-8-11-21-10-7-6-9-18(2)13-14-23(21)24/h6-7,9,12,15-17H,5,8,10-11,13-14H2,1-4H3/b7-6-,18-9-. The molecule has 0 saturated carbocycles. The molecule has 25 heavy (non-hydrogen) atoms. The number of benzene rings is 1. The van der Waals surface area contributed by atoms with Crippen LogP contribution in [0.2, 0.25) is 0 Å². The first-order chi connectivity index (χ1) is 12.1. The van der Waals surface area contributed by atoms with Crippen molar-refractivity contribution in [1.82, 2.24) is 0 Å². The van der Waals surface area contributed by atoms with Gasteiger partial charge >= 0.3 is 0 Å². The highest BCUT2D eigenvalue weighted by Gasteiger charge is 2.20. The lowest BCUT2D eigenvalue weighted by molar-refractivity contribution is 0.813. The Morgan fingerprint density at radius 2 is 1.88 bits per heavy atom. The van der Waals surface area contributed by atoms with Crippen LogP contribution in [0.4, 0.5) is 5.69 Å². The highest BCUT2D eigenvalue weighted by Crippen LogP contribution is 2.36. The molecular formula is C24H31N. The fourth-order valence-electron chi connectivity index (χ4n) is 3.93. The normalized spacial score (nSPS) is 21.3. The van der Waals surface area contributed by atoms with Crippen LogP contribution in [0, 0.1) is 6.92 Å². The maximum atomic E-state index is 2.45. The molecule has 1 nitrogen and oxygen atoms in total. The van der Waals surface area contributed by atoms with Crippen LogP contribution in [0.1, 0.15) is 57.1 Å². The Labute approximate surface area is 153 Å². The number of aryl methyl sites for hydroxylation is 2. The maximum absolute atomic E-state index is 2.45. The number of hydrogen-bond acceptors (Lipinski definition) is 1. The Hall–Kier alpha value is -2.02. The van der Waals surface area contributed by atoms with Crippen molar-refractivity contribution >= 4 is 5.69 Å². The Kier molecular flexibility index (Phi) is 5.63. The van der Waals surface area contributed by atoms with Gasteiger partial charge in [0.1, 0.15) is 0 Å². The molecule has 0 aliphatic heterocycles. The van der Waals surface area contributed by atoms with Gasteiger partial charge in [-0.2, -0.15) is 0 Å². The van der Waals surface area contributed by atoms with Gasteiger partial charge in [-0.3, -0.25) is 0 Å². The molecule has 0 spiro atoms. The van der Waals surface area contributed by atoms with Crippen molar-refractivity contribution in [3.63, 3.8) is 0 Å². The van der Waals surface area contributed by atoms with E-state index in [0.29, 0.717) is 0 Å². The van der Waals surface area contributed by atoms with E-state index in [0.717, 1.165) is 32.1 Å². The van der Waals surface area contributed by atoms with Gasteiger partial charge < -0.3 is 4.90 Å². The van der Waals surface area contributed by atoms with Crippen molar-refractivity contribution in [3.05, 3.63) is 76.0 Å². The summed E-state index contributed by atoms with van der Waals surface area (Å²) in [4.78, 5) is 2.42. The van der Waals surface area contributed by atoms with Gasteiger partial charge in [0.25, 0.3) is 0 Å². The van der Waals surface area contributed by atoms with Crippen molar-refractivity contribution in [2.45, 2.75) is 59.3 Å². The molecule has 2 aliphatic rings. The van der Waals surface area contributed by atoms with E-state index in [2.05, 4.69) is 75.2 Å². The summed E-state index contributed by atoms with van der Waals surface area (Å²) >= 11 is 0. The predicted molar refractivity (Wildman–Crippen MR) is 110 cm³/mol. The number of nitrogens with zero attached hydrogens (tertiary/aromatic N) is 1. The van der Waals surface area contributed by atoms with Crippen LogP contribution in [-0.4, -0.2) is 7.05 Å². The second kappa shape index (κ2) is 7.91. The van der Waals surface area contributed by atoms with Gasteiger partial charge in [0, 0.05) is 18.4 Å².